The van der Waals surface area contributed by atoms with Gasteiger partial charge in [-0.1, -0.05) is 13.3 Å². The standard InChI is InChI=1S/C20H42N2O7/c1-2-8-26-10-12-28-14-15-29-13-11-27-9-5-19(25)22-16-20(17-23,18-24)6-3-4-7-21/h23-24H,2-18,21H2,1H3,(H,22,25). The third-order valence-corrected chi connectivity index (χ3v) is 4.43. The van der Waals surface area contributed by atoms with Crippen molar-refractivity contribution in [2.75, 3.05) is 79.2 Å². The Balaban J connectivity index is 3.59. The molecule has 0 aromatic carbocycles. The highest BCUT2D eigenvalue weighted by Gasteiger charge is 2.28. The molecule has 9 heteroatoms. The Kier molecular flexibility index (Phi) is 19.9. The Morgan fingerprint density at radius 1 is 0.862 bits per heavy atom. The van der Waals surface area contributed by atoms with Crippen LogP contribution in [0.4, 0.5) is 0 Å². The van der Waals surface area contributed by atoms with Gasteiger partial charge >= 0.3 is 0 Å². The van der Waals surface area contributed by atoms with Gasteiger partial charge in [0, 0.05) is 25.0 Å². The molecule has 0 rings (SSSR count). The number of hydrogen-bond acceptors (Lipinski definition) is 8. The van der Waals surface area contributed by atoms with Gasteiger partial charge in [-0.15, -0.1) is 0 Å². The van der Waals surface area contributed by atoms with E-state index >= 15 is 0 Å². The van der Waals surface area contributed by atoms with E-state index < -0.39 is 5.41 Å². The van der Waals surface area contributed by atoms with Crippen LogP contribution in [0.5, 0.6) is 0 Å². The third-order valence-electron chi connectivity index (χ3n) is 4.43. The van der Waals surface area contributed by atoms with Crippen LogP contribution in [0.1, 0.15) is 39.0 Å². The maximum absolute atomic E-state index is 11.9. The largest absolute Gasteiger partial charge is 0.396 e. The van der Waals surface area contributed by atoms with E-state index in [-0.39, 0.29) is 32.1 Å². The topological polar surface area (TPSA) is 132 Å². The van der Waals surface area contributed by atoms with Gasteiger partial charge in [0.05, 0.1) is 59.5 Å². The highest BCUT2D eigenvalue weighted by atomic mass is 16.6. The second-order valence-electron chi connectivity index (χ2n) is 7.04. The number of nitrogens with two attached hydrogens (primary N) is 1. The molecule has 174 valence electrons. The average molecular weight is 423 g/mol. The molecule has 0 saturated heterocycles. The van der Waals surface area contributed by atoms with E-state index in [1.807, 2.05) is 0 Å². The van der Waals surface area contributed by atoms with Crippen LogP contribution in [0.2, 0.25) is 0 Å². The fraction of sp³-hybridized carbons (Fsp3) is 0.950. The van der Waals surface area contributed by atoms with Crippen LogP contribution in [-0.2, 0) is 23.7 Å². The highest BCUT2D eigenvalue weighted by molar-refractivity contribution is 5.76. The quantitative estimate of drug-likeness (QED) is 0.180. The summed E-state index contributed by atoms with van der Waals surface area (Å²) in [6.07, 6.45) is 3.46. The lowest BCUT2D eigenvalue weighted by molar-refractivity contribution is -0.123. The molecule has 29 heavy (non-hydrogen) atoms. The molecule has 0 unspecified atom stereocenters. The van der Waals surface area contributed by atoms with Crippen molar-refractivity contribution in [3.63, 3.8) is 0 Å². The number of aliphatic hydroxyl groups is 2. The van der Waals surface area contributed by atoms with E-state index in [0.29, 0.717) is 59.2 Å². The minimum Gasteiger partial charge on any atom is -0.396 e. The summed E-state index contributed by atoms with van der Waals surface area (Å²) in [4.78, 5) is 11.9. The molecular formula is C20H42N2O7. The highest BCUT2D eigenvalue weighted by Crippen LogP contribution is 2.22. The van der Waals surface area contributed by atoms with Crippen molar-refractivity contribution in [1.82, 2.24) is 5.32 Å². The summed E-state index contributed by atoms with van der Waals surface area (Å²) >= 11 is 0. The molecular weight excluding hydrogens is 380 g/mol. The van der Waals surface area contributed by atoms with Crippen LogP contribution in [0.3, 0.4) is 0 Å². The summed E-state index contributed by atoms with van der Waals surface area (Å²) in [7, 11) is 0. The first-order chi connectivity index (χ1) is 14.1. The van der Waals surface area contributed by atoms with Crippen molar-refractivity contribution < 1.29 is 34.0 Å². The number of nitrogens with one attached hydrogen (secondary N) is 1. The molecule has 0 aliphatic rings. The normalized spacial score (nSPS) is 11.7. The van der Waals surface area contributed by atoms with E-state index in [1.165, 1.54) is 0 Å². The lowest BCUT2D eigenvalue weighted by Gasteiger charge is -2.30. The molecule has 0 aliphatic heterocycles. The minimum atomic E-state index is -0.705. The molecule has 0 fully saturated rings. The third kappa shape index (κ3) is 16.7. The molecule has 9 nitrogen and oxygen atoms in total. The van der Waals surface area contributed by atoms with Crippen LogP contribution in [0, 0.1) is 5.41 Å². The number of rotatable bonds is 22. The minimum absolute atomic E-state index is 0.172. The monoisotopic (exact) mass is 422 g/mol. The fourth-order valence-electron chi connectivity index (χ4n) is 2.50. The molecule has 0 aromatic rings. The van der Waals surface area contributed by atoms with Crippen LogP contribution < -0.4 is 11.1 Å². The van der Waals surface area contributed by atoms with Crippen molar-refractivity contribution in [2.45, 2.75) is 39.0 Å². The van der Waals surface area contributed by atoms with Gasteiger partial charge in [-0.3, -0.25) is 4.79 Å². The predicted octanol–water partition coefficient (Wildman–Crippen LogP) is 0.0691. The van der Waals surface area contributed by atoms with Crippen molar-refractivity contribution >= 4 is 5.91 Å². The first kappa shape index (κ1) is 28.2. The number of aliphatic hydroxyl groups excluding tert-OH is 2. The van der Waals surface area contributed by atoms with Gasteiger partial charge in [0.15, 0.2) is 0 Å². The van der Waals surface area contributed by atoms with Crippen molar-refractivity contribution in [3.8, 4) is 0 Å². The number of amides is 1. The second kappa shape index (κ2) is 20.5. The summed E-state index contributed by atoms with van der Waals surface area (Å²) in [5, 5.41) is 22.0. The molecule has 5 N–H and O–H groups in total. The van der Waals surface area contributed by atoms with E-state index in [9.17, 15) is 15.0 Å². The van der Waals surface area contributed by atoms with Gasteiger partial charge in [-0.2, -0.15) is 0 Å². The zero-order valence-electron chi connectivity index (χ0n) is 18.0. The summed E-state index contributed by atoms with van der Waals surface area (Å²) in [6, 6.07) is 0. The number of unbranched alkanes of at least 4 members (excludes halogenated alkanes) is 1. The molecule has 0 atom stereocenters. The van der Waals surface area contributed by atoms with Crippen molar-refractivity contribution in [3.05, 3.63) is 0 Å². The number of ether oxygens (including phenoxy) is 4. The van der Waals surface area contributed by atoms with Gasteiger partial charge < -0.3 is 40.2 Å². The summed E-state index contributed by atoms with van der Waals surface area (Å²) in [5.41, 5.74) is 4.77. The van der Waals surface area contributed by atoms with Crippen LogP contribution >= 0.6 is 0 Å². The van der Waals surface area contributed by atoms with E-state index in [0.717, 1.165) is 25.9 Å². The maximum Gasteiger partial charge on any atom is 0.222 e. The zero-order valence-corrected chi connectivity index (χ0v) is 18.0. The van der Waals surface area contributed by atoms with Gasteiger partial charge in [0.1, 0.15) is 0 Å². The average Bonchev–Trinajstić information content (AvgIpc) is 2.74. The van der Waals surface area contributed by atoms with Crippen LogP contribution in [-0.4, -0.2) is 95.3 Å². The SMILES string of the molecule is CCCOCCOCCOCCOCCC(=O)NCC(CO)(CO)CCCCN. The first-order valence-corrected chi connectivity index (χ1v) is 10.6. The first-order valence-electron chi connectivity index (χ1n) is 10.6. The van der Waals surface area contributed by atoms with Crippen molar-refractivity contribution in [2.24, 2.45) is 11.1 Å². The Labute approximate surface area is 175 Å². The maximum atomic E-state index is 11.9. The summed E-state index contributed by atoms with van der Waals surface area (Å²) in [5.74, 6) is -0.172. The fourth-order valence-corrected chi connectivity index (χ4v) is 2.50. The number of carbonyl (C=O) groups is 1. The molecule has 0 radical (unpaired) electrons. The second-order valence-corrected chi connectivity index (χ2v) is 7.04. The molecule has 1 amide bonds. The predicted molar refractivity (Wildman–Crippen MR) is 111 cm³/mol. The van der Waals surface area contributed by atoms with Gasteiger partial charge in [-0.25, -0.2) is 0 Å². The lowest BCUT2D eigenvalue weighted by Crippen LogP contribution is -2.43. The summed E-state index contributed by atoms with van der Waals surface area (Å²) in [6.45, 7) is 6.57. The Morgan fingerprint density at radius 3 is 1.86 bits per heavy atom. The van der Waals surface area contributed by atoms with Gasteiger partial charge in [0.25, 0.3) is 0 Å². The van der Waals surface area contributed by atoms with Gasteiger partial charge in [-0.05, 0) is 25.8 Å². The molecule has 0 aliphatic carbocycles. The van der Waals surface area contributed by atoms with E-state index in [4.69, 9.17) is 24.7 Å². The van der Waals surface area contributed by atoms with Crippen molar-refractivity contribution in [1.29, 1.82) is 0 Å². The summed E-state index contributed by atoms with van der Waals surface area (Å²) < 4.78 is 21.4. The molecule has 0 spiro atoms. The van der Waals surface area contributed by atoms with Crippen LogP contribution in [0.15, 0.2) is 0 Å². The Bertz CT molecular complexity index is 369. The van der Waals surface area contributed by atoms with E-state index in [1.54, 1.807) is 0 Å². The molecule has 0 heterocycles. The van der Waals surface area contributed by atoms with Gasteiger partial charge in [0.2, 0.25) is 5.91 Å². The molecule has 0 bridgehead atoms. The van der Waals surface area contributed by atoms with E-state index in [2.05, 4.69) is 12.2 Å². The smallest absolute Gasteiger partial charge is 0.222 e. The Hall–Kier alpha value is -0.810. The Morgan fingerprint density at radius 2 is 1.38 bits per heavy atom. The zero-order chi connectivity index (χ0) is 21.6. The lowest BCUT2D eigenvalue weighted by atomic mass is 9.84. The number of carbonyl (C=O) groups excluding carboxylic acids is 1. The molecule has 0 saturated carbocycles. The molecule has 0 aromatic heterocycles. The number of hydrogen-bond donors (Lipinski definition) is 4. The van der Waals surface area contributed by atoms with Crippen LogP contribution in [0.25, 0.3) is 0 Å².